The summed E-state index contributed by atoms with van der Waals surface area (Å²) in [6.45, 7) is 12.4. The molecule has 19 heavy (non-hydrogen) atoms. The van der Waals surface area contributed by atoms with Gasteiger partial charge in [0.1, 0.15) is 12.4 Å². The van der Waals surface area contributed by atoms with Crippen LogP contribution in [0, 0.1) is 5.41 Å². The second-order valence-corrected chi connectivity index (χ2v) is 12.0. The molecule has 0 saturated heterocycles. The van der Waals surface area contributed by atoms with Gasteiger partial charge < -0.3 is 14.0 Å². The normalized spacial score (nSPS) is 32.7. The van der Waals surface area contributed by atoms with Gasteiger partial charge in [-0.2, -0.15) is 0 Å². The van der Waals surface area contributed by atoms with Crippen LogP contribution in [0.15, 0.2) is 0 Å². The zero-order valence-electron chi connectivity index (χ0n) is 13.1. The molecule has 0 aliphatic heterocycles. The molecular weight excluding hydrogens is 260 g/mol. The maximum atomic E-state index is 12.0. The van der Waals surface area contributed by atoms with Gasteiger partial charge in [0.2, 0.25) is 0 Å². The lowest BCUT2D eigenvalue weighted by Crippen LogP contribution is -2.51. The fourth-order valence-corrected chi connectivity index (χ4v) is 3.53. The smallest absolute Gasteiger partial charge is 0.192 e. The van der Waals surface area contributed by atoms with E-state index in [0.717, 1.165) is 6.29 Å². The first-order valence-electron chi connectivity index (χ1n) is 6.68. The maximum Gasteiger partial charge on any atom is 0.192 e. The molecule has 0 aromatic carbocycles. The Morgan fingerprint density at radius 2 is 1.89 bits per heavy atom. The molecule has 4 nitrogen and oxygen atoms in total. The first-order chi connectivity index (χ1) is 8.48. The van der Waals surface area contributed by atoms with Crippen LogP contribution in [0.1, 0.15) is 34.1 Å². The molecule has 5 heteroatoms. The molecule has 0 heterocycles. The van der Waals surface area contributed by atoms with Crippen molar-refractivity contribution in [2.24, 2.45) is 5.41 Å². The Balaban J connectivity index is 3.07. The predicted octanol–water partition coefficient (Wildman–Crippen LogP) is 2.57. The van der Waals surface area contributed by atoms with Crippen molar-refractivity contribution in [1.82, 2.24) is 0 Å². The minimum absolute atomic E-state index is 0.0285. The summed E-state index contributed by atoms with van der Waals surface area (Å²) in [5.74, 6) is -0.0409. The van der Waals surface area contributed by atoms with E-state index in [9.17, 15) is 9.59 Å². The van der Waals surface area contributed by atoms with Gasteiger partial charge in [0.25, 0.3) is 0 Å². The third kappa shape index (κ3) is 2.98. The summed E-state index contributed by atoms with van der Waals surface area (Å²) in [5, 5.41) is 0.0285. The first-order valence-corrected chi connectivity index (χ1v) is 9.59. The Labute approximate surface area is 117 Å². The van der Waals surface area contributed by atoms with Crippen LogP contribution in [0.4, 0.5) is 0 Å². The number of ether oxygens (including phenoxy) is 1. The van der Waals surface area contributed by atoms with E-state index in [1.165, 1.54) is 7.11 Å². The maximum absolute atomic E-state index is 12.0. The molecule has 0 spiro atoms. The summed E-state index contributed by atoms with van der Waals surface area (Å²) < 4.78 is 11.6. The summed E-state index contributed by atoms with van der Waals surface area (Å²) in [6.07, 6.45) is -0.0385. The van der Waals surface area contributed by atoms with Gasteiger partial charge in [-0.25, -0.2) is 0 Å². The van der Waals surface area contributed by atoms with Crippen molar-refractivity contribution in [1.29, 1.82) is 0 Å². The lowest BCUT2D eigenvalue weighted by Gasteiger charge is -2.42. The van der Waals surface area contributed by atoms with Crippen molar-refractivity contribution in [2.45, 2.75) is 64.5 Å². The van der Waals surface area contributed by atoms with Crippen LogP contribution in [-0.2, 0) is 18.8 Å². The van der Waals surface area contributed by atoms with E-state index >= 15 is 0 Å². The molecule has 3 atom stereocenters. The lowest BCUT2D eigenvalue weighted by atomic mass is 9.88. The fraction of sp³-hybridized carbons (Fsp3) is 0.857. The summed E-state index contributed by atoms with van der Waals surface area (Å²) in [7, 11) is -0.553. The Kier molecular flexibility index (Phi) is 4.44. The topological polar surface area (TPSA) is 52.6 Å². The second kappa shape index (κ2) is 5.11. The van der Waals surface area contributed by atoms with Gasteiger partial charge in [-0.3, -0.25) is 4.79 Å². The van der Waals surface area contributed by atoms with Gasteiger partial charge in [0, 0.05) is 13.5 Å². The van der Waals surface area contributed by atoms with Crippen LogP contribution in [0.5, 0.6) is 0 Å². The van der Waals surface area contributed by atoms with Gasteiger partial charge in [0.15, 0.2) is 14.1 Å². The van der Waals surface area contributed by atoms with E-state index in [2.05, 4.69) is 33.9 Å². The molecule has 0 aromatic heterocycles. The van der Waals surface area contributed by atoms with Crippen molar-refractivity contribution in [3.8, 4) is 0 Å². The number of carbonyl (C=O) groups excluding carboxylic acids is 2. The van der Waals surface area contributed by atoms with Crippen molar-refractivity contribution >= 4 is 20.4 Å². The van der Waals surface area contributed by atoms with Crippen LogP contribution in [-0.4, -0.2) is 39.7 Å². The molecule has 1 saturated carbocycles. The molecule has 0 aromatic rings. The van der Waals surface area contributed by atoms with Gasteiger partial charge in [0.05, 0.1) is 11.5 Å². The van der Waals surface area contributed by atoms with E-state index in [-0.39, 0.29) is 17.2 Å². The molecule has 1 aliphatic rings. The number of aldehydes is 1. The van der Waals surface area contributed by atoms with Crippen LogP contribution < -0.4 is 0 Å². The Hall–Kier alpha value is -0.523. The SMILES string of the molecule is CO[C@H]1C(=O)C[C@@](C)(C=O)[C@@H]1O[Si](C)(C)C(C)(C)C. The number of methoxy groups -OCH3 is 1. The Bertz CT molecular complexity index is 372. The zero-order valence-corrected chi connectivity index (χ0v) is 14.1. The Morgan fingerprint density at radius 1 is 1.37 bits per heavy atom. The van der Waals surface area contributed by atoms with E-state index in [1.807, 2.05) is 0 Å². The molecule has 0 unspecified atom stereocenters. The Morgan fingerprint density at radius 3 is 2.26 bits per heavy atom. The number of carbonyl (C=O) groups is 2. The van der Waals surface area contributed by atoms with E-state index in [1.54, 1.807) is 6.92 Å². The van der Waals surface area contributed by atoms with Gasteiger partial charge >= 0.3 is 0 Å². The van der Waals surface area contributed by atoms with E-state index in [0.29, 0.717) is 0 Å². The monoisotopic (exact) mass is 286 g/mol. The quantitative estimate of drug-likeness (QED) is 0.589. The summed E-state index contributed by atoms with van der Waals surface area (Å²) >= 11 is 0. The van der Waals surface area contributed by atoms with Crippen molar-refractivity contribution < 1.29 is 18.8 Å². The number of rotatable bonds is 4. The summed E-state index contributed by atoms with van der Waals surface area (Å²) in [6, 6.07) is 0. The molecule has 110 valence electrons. The number of hydrogen-bond acceptors (Lipinski definition) is 4. The molecule has 1 fully saturated rings. The third-order valence-corrected chi connectivity index (χ3v) is 9.00. The standard InChI is InChI=1S/C14H26O4Si/c1-13(2,3)19(6,7)18-12-11(17-5)10(16)8-14(12,4)9-15/h9,11-12H,8H2,1-7H3/t11-,12+,14-/m0/s1. The highest BCUT2D eigenvalue weighted by Gasteiger charge is 2.55. The molecule has 1 rings (SSSR count). The molecule has 0 amide bonds. The van der Waals surface area contributed by atoms with Gasteiger partial charge in [-0.15, -0.1) is 0 Å². The van der Waals surface area contributed by atoms with Crippen molar-refractivity contribution in [3.05, 3.63) is 0 Å². The van der Waals surface area contributed by atoms with Crippen LogP contribution in [0.25, 0.3) is 0 Å². The average molecular weight is 286 g/mol. The molecule has 0 N–H and O–H groups in total. The summed E-state index contributed by atoms with van der Waals surface area (Å²) in [4.78, 5) is 23.4. The van der Waals surface area contributed by atoms with Gasteiger partial charge in [-0.1, -0.05) is 20.8 Å². The number of Topliss-reactive ketones (excluding diaryl/α,β-unsaturated/α-hetero) is 1. The fourth-order valence-electron chi connectivity index (χ4n) is 2.15. The van der Waals surface area contributed by atoms with Crippen LogP contribution in [0.3, 0.4) is 0 Å². The number of hydrogen-bond donors (Lipinski definition) is 0. The van der Waals surface area contributed by atoms with Crippen LogP contribution >= 0.6 is 0 Å². The van der Waals surface area contributed by atoms with Crippen LogP contribution in [0.2, 0.25) is 18.1 Å². The second-order valence-electron chi connectivity index (χ2n) is 7.22. The average Bonchev–Trinajstić information content (AvgIpc) is 2.49. The lowest BCUT2D eigenvalue weighted by molar-refractivity contribution is -0.129. The minimum atomic E-state index is -2.05. The highest BCUT2D eigenvalue weighted by molar-refractivity contribution is 6.74. The number of ketones is 1. The molecule has 0 radical (unpaired) electrons. The third-order valence-electron chi connectivity index (χ3n) is 4.55. The molecule has 0 bridgehead atoms. The van der Waals surface area contributed by atoms with Crippen molar-refractivity contribution in [2.75, 3.05) is 7.11 Å². The first kappa shape index (κ1) is 16.5. The predicted molar refractivity (Wildman–Crippen MR) is 76.7 cm³/mol. The van der Waals surface area contributed by atoms with Crippen molar-refractivity contribution in [3.63, 3.8) is 0 Å². The van der Waals surface area contributed by atoms with E-state index < -0.39 is 25.9 Å². The van der Waals surface area contributed by atoms with Gasteiger partial charge in [-0.05, 0) is 25.1 Å². The molecular formula is C14H26O4Si. The molecule has 1 aliphatic carbocycles. The largest absolute Gasteiger partial charge is 0.410 e. The summed E-state index contributed by atoms with van der Waals surface area (Å²) in [5.41, 5.74) is -0.771. The van der Waals surface area contributed by atoms with E-state index in [4.69, 9.17) is 9.16 Å². The zero-order chi connectivity index (χ0) is 15.1. The minimum Gasteiger partial charge on any atom is -0.410 e. The highest BCUT2D eigenvalue weighted by atomic mass is 28.4. The highest BCUT2D eigenvalue weighted by Crippen LogP contribution is 2.44.